The summed E-state index contributed by atoms with van der Waals surface area (Å²) in [7, 11) is 1.33. The van der Waals surface area contributed by atoms with Gasteiger partial charge in [0, 0.05) is 0 Å². The minimum absolute atomic E-state index is 0.00881. The van der Waals surface area contributed by atoms with Crippen molar-refractivity contribution in [2.75, 3.05) is 33.5 Å². The van der Waals surface area contributed by atoms with Gasteiger partial charge in [-0.15, -0.1) is 0 Å². The summed E-state index contributed by atoms with van der Waals surface area (Å²) < 4.78 is 21.9. The Morgan fingerprint density at radius 1 is 0.500 bits per heavy atom. The van der Waals surface area contributed by atoms with Crippen molar-refractivity contribution >= 4 is 23.9 Å². The molecule has 0 aliphatic carbocycles. The number of rotatable bonds is 27. The van der Waals surface area contributed by atoms with Gasteiger partial charge in [0.25, 0.3) is 0 Å². The zero-order chi connectivity index (χ0) is 35.3. The van der Waals surface area contributed by atoms with Crippen LogP contribution in [0.5, 0.6) is 0 Å². The van der Waals surface area contributed by atoms with Crippen molar-refractivity contribution in [3.8, 4) is 0 Å². The van der Waals surface area contributed by atoms with Crippen LogP contribution in [-0.2, 0) is 38.1 Å². The lowest BCUT2D eigenvalue weighted by Crippen LogP contribution is -2.47. The van der Waals surface area contributed by atoms with Gasteiger partial charge in [0.05, 0.1) is 48.6 Å². The molecule has 3 atom stereocenters. The molecule has 0 saturated carbocycles. The van der Waals surface area contributed by atoms with Gasteiger partial charge < -0.3 is 24.1 Å². The summed E-state index contributed by atoms with van der Waals surface area (Å²) in [5.74, 6) is -2.01. The monoisotopic (exact) mass is 656 g/mol. The predicted octanol–water partition coefficient (Wildman–Crippen LogP) is 8.13. The highest BCUT2D eigenvalue weighted by molar-refractivity contribution is 5.84. The van der Waals surface area contributed by atoms with E-state index in [-0.39, 0.29) is 45.7 Å². The highest BCUT2D eigenvalue weighted by atomic mass is 16.5. The van der Waals surface area contributed by atoms with Crippen molar-refractivity contribution in [3.63, 3.8) is 0 Å². The number of hydrogen-bond acceptors (Lipinski definition) is 9. The minimum Gasteiger partial charge on any atom is -0.469 e. The summed E-state index contributed by atoms with van der Waals surface area (Å²) in [5.41, 5.74) is -4.72. The third-order valence-corrected chi connectivity index (χ3v) is 9.18. The first kappa shape index (κ1) is 43.8. The number of unbranched alkanes of at least 4 members (excludes halogenated alkanes) is 10. The van der Waals surface area contributed by atoms with Crippen molar-refractivity contribution in [3.05, 3.63) is 0 Å². The molecule has 0 radical (unpaired) electrons. The summed E-state index contributed by atoms with van der Waals surface area (Å²) in [6.07, 6.45) is 13.6. The van der Waals surface area contributed by atoms with Crippen molar-refractivity contribution < 1.29 is 43.2 Å². The molecule has 46 heavy (non-hydrogen) atoms. The Bertz CT molecular complexity index is 901. The molecule has 0 spiro atoms. The summed E-state index contributed by atoms with van der Waals surface area (Å²) in [4.78, 5) is 53.7. The van der Waals surface area contributed by atoms with Gasteiger partial charge in [-0.1, -0.05) is 85.0 Å². The Kier molecular flexibility index (Phi) is 21.4. The molecule has 9 nitrogen and oxygen atoms in total. The number of aliphatic hydroxyl groups excluding tert-OH is 1. The first-order valence-corrected chi connectivity index (χ1v) is 17.8. The van der Waals surface area contributed by atoms with Gasteiger partial charge in [-0.3, -0.25) is 19.2 Å². The van der Waals surface area contributed by atoms with Crippen molar-refractivity contribution in [1.29, 1.82) is 0 Å². The molecule has 0 fully saturated rings. The molecule has 270 valence electrons. The van der Waals surface area contributed by atoms with E-state index in [2.05, 4.69) is 6.92 Å². The third kappa shape index (κ3) is 15.6. The number of aliphatic hydroxyl groups is 1. The predicted molar refractivity (Wildman–Crippen MR) is 181 cm³/mol. The van der Waals surface area contributed by atoms with Gasteiger partial charge in [-0.2, -0.15) is 0 Å². The van der Waals surface area contributed by atoms with Gasteiger partial charge >= 0.3 is 23.9 Å². The largest absolute Gasteiger partial charge is 0.469 e. The zero-order valence-corrected chi connectivity index (χ0v) is 30.9. The minimum atomic E-state index is -1.30. The number of carbonyl (C=O) groups excluding carboxylic acids is 4. The van der Waals surface area contributed by atoms with Crippen LogP contribution in [0.25, 0.3) is 0 Å². The maximum Gasteiger partial charge on any atom is 0.311 e. The van der Waals surface area contributed by atoms with Gasteiger partial charge in [0.1, 0.15) is 6.61 Å². The summed E-state index contributed by atoms with van der Waals surface area (Å²) in [6, 6.07) is 0. The van der Waals surface area contributed by atoms with Crippen LogP contribution in [0.2, 0.25) is 0 Å². The van der Waals surface area contributed by atoms with Crippen LogP contribution >= 0.6 is 0 Å². The molecule has 0 saturated heterocycles. The van der Waals surface area contributed by atoms with Crippen molar-refractivity contribution in [2.24, 2.45) is 21.7 Å². The van der Waals surface area contributed by atoms with E-state index in [1.807, 2.05) is 13.8 Å². The Balaban J connectivity index is 6.05. The maximum absolute atomic E-state index is 14.0. The molecule has 0 aliphatic heterocycles. The van der Waals surface area contributed by atoms with E-state index in [9.17, 15) is 24.3 Å². The average Bonchev–Trinajstić information content (AvgIpc) is 3.01. The fourth-order valence-corrected chi connectivity index (χ4v) is 6.52. The number of esters is 4. The topological polar surface area (TPSA) is 125 Å². The van der Waals surface area contributed by atoms with Gasteiger partial charge in [0.15, 0.2) is 0 Å². The van der Waals surface area contributed by atoms with E-state index in [0.29, 0.717) is 12.8 Å². The number of ether oxygens (including phenoxy) is 4. The molecule has 9 heteroatoms. The highest BCUT2D eigenvalue weighted by Gasteiger charge is 2.53. The Labute approximate surface area is 280 Å². The molecular formula is C37H68O9. The standard InChI is InChI=1S/C37H68O9/c1-10-13-15-16-17-18-19-20-21-22-25-45-33(42)37(8,28-35(6,12-3)31(40)43-9)29-36(7,32(41)44-24-14-11-2)27-34(4,5)30(39)46-26-23-38/h38H,10-29H2,1-9H3. The summed E-state index contributed by atoms with van der Waals surface area (Å²) in [5, 5.41) is 9.17. The lowest BCUT2D eigenvalue weighted by atomic mass is 9.61. The lowest BCUT2D eigenvalue weighted by molar-refractivity contribution is -0.172. The average molecular weight is 657 g/mol. The Morgan fingerprint density at radius 2 is 0.913 bits per heavy atom. The normalized spacial score (nSPS) is 15.6. The molecule has 0 aromatic rings. The second-order valence-electron chi connectivity index (χ2n) is 14.6. The molecule has 0 amide bonds. The maximum atomic E-state index is 14.0. The van der Waals surface area contributed by atoms with E-state index >= 15 is 0 Å². The molecule has 3 unspecified atom stereocenters. The SMILES string of the molecule is CCCCCCCCCCCCOC(=O)C(C)(CC(C)(CC)C(=O)OC)CC(C)(CC(C)(C)C(=O)OCCO)C(=O)OCCCC. The molecule has 0 aliphatic rings. The highest BCUT2D eigenvalue weighted by Crippen LogP contribution is 2.49. The van der Waals surface area contributed by atoms with Crippen LogP contribution in [-0.4, -0.2) is 62.5 Å². The number of carbonyl (C=O) groups is 4. The fraction of sp³-hybridized carbons (Fsp3) is 0.892. The first-order chi connectivity index (χ1) is 21.6. The summed E-state index contributed by atoms with van der Waals surface area (Å²) in [6.45, 7) is 14.6. The lowest BCUT2D eigenvalue weighted by Gasteiger charge is -2.42. The first-order valence-electron chi connectivity index (χ1n) is 17.8. The van der Waals surface area contributed by atoms with E-state index in [1.165, 1.54) is 52.1 Å². The van der Waals surface area contributed by atoms with Gasteiger partial charge in [0.2, 0.25) is 0 Å². The van der Waals surface area contributed by atoms with Crippen molar-refractivity contribution in [1.82, 2.24) is 0 Å². The molecule has 1 N–H and O–H groups in total. The van der Waals surface area contributed by atoms with Crippen LogP contribution < -0.4 is 0 Å². The molecule has 0 heterocycles. The van der Waals surface area contributed by atoms with Gasteiger partial charge in [-0.05, 0) is 73.1 Å². The van der Waals surface area contributed by atoms with Crippen LogP contribution in [0.3, 0.4) is 0 Å². The second-order valence-corrected chi connectivity index (χ2v) is 14.6. The molecular weight excluding hydrogens is 588 g/mol. The number of hydrogen-bond donors (Lipinski definition) is 1. The molecule has 0 aromatic carbocycles. The van der Waals surface area contributed by atoms with E-state index in [4.69, 9.17) is 18.9 Å². The molecule has 0 bridgehead atoms. The van der Waals surface area contributed by atoms with E-state index in [1.54, 1.807) is 34.6 Å². The Morgan fingerprint density at radius 3 is 1.37 bits per heavy atom. The van der Waals surface area contributed by atoms with Crippen LogP contribution in [0, 0.1) is 21.7 Å². The smallest absolute Gasteiger partial charge is 0.311 e. The molecule has 0 aromatic heterocycles. The number of methoxy groups -OCH3 is 1. The Hall–Kier alpha value is -2.16. The van der Waals surface area contributed by atoms with Gasteiger partial charge in [-0.25, -0.2) is 0 Å². The van der Waals surface area contributed by atoms with Crippen LogP contribution in [0.1, 0.15) is 158 Å². The third-order valence-electron chi connectivity index (χ3n) is 9.18. The quantitative estimate of drug-likeness (QED) is 0.0530. The van der Waals surface area contributed by atoms with Crippen LogP contribution in [0.4, 0.5) is 0 Å². The molecule has 0 rings (SSSR count). The van der Waals surface area contributed by atoms with E-state index in [0.717, 1.165) is 25.7 Å². The van der Waals surface area contributed by atoms with Crippen molar-refractivity contribution in [2.45, 2.75) is 158 Å². The van der Waals surface area contributed by atoms with E-state index < -0.39 is 45.5 Å². The second kappa shape index (κ2) is 22.4. The fourth-order valence-electron chi connectivity index (χ4n) is 6.52. The zero-order valence-electron chi connectivity index (χ0n) is 30.9. The van der Waals surface area contributed by atoms with Crippen LogP contribution in [0.15, 0.2) is 0 Å². The summed E-state index contributed by atoms with van der Waals surface area (Å²) >= 11 is 0.